The number of anilines is 1. The van der Waals surface area contributed by atoms with Gasteiger partial charge in [-0.2, -0.15) is 5.10 Å². The molecule has 0 aliphatic rings. The van der Waals surface area contributed by atoms with Gasteiger partial charge in [-0.1, -0.05) is 18.2 Å². The first-order valence-corrected chi connectivity index (χ1v) is 6.86. The highest BCUT2D eigenvalue weighted by molar-refractivity contribution is 6.11. The third kappa shape index (κ3) is 2.91. The van der Waals surface area contributed by atoms with E-state index in [0.29, 0.717) is 17.1 Å². The molecular weight excluding hydrogens is 282 g/mol. The summed E-state index contributed by atoms with van der Waals surface area (Å²) in [6, 6.07) is 14.4. The number of nitrogens with one attached hydrogen (secondary N) is 2. The average Bonchev–Trinajstić information content (AvgIpc) is 2.98. The maximum absolute atomic E-state index is 12.3. The quantitative estimate of drug-likeness (QED) is 0.673. The third-order valence-electron chi connectivity index (χ3n) is 3.16. The highest BCUT2D eigenvalue weighted by Crippen LogP contribution is 2.19. The van der Waals surface area contributed by atoms with Gasteiger partial charge in [0.05, 0.1) is 12.1 Å². The van der Waals surface area contributed by atoms with Crippen molar-refractivity contribution in [1.82, 2.24) is 10.2 Å². The van der Waals surface area contributed by atoms with Crippen molar-refractivity contribution in [3.05, 3.63) is 54.2 Å². The summed E-state index contributed by atoms with van der Waals surface area (Å²) in [4.78, 5) is 12.3. The highest BCUT2D eigenvalue weighted by Gasteiger charge is 2.13. The van der Waals surface area contributed by atoms with Crippen molar-refractivity contribution in [2.24, 2.45) is 0 Å². The zero-order valence-corrected chi connectivity index (χ0v) is 11.7. The van der Waals surface area contributed by atoms with E-state index < -0.39 is 0 Å². The number of aromatic nitrogens is 2. The molecule has 0 fully saturated rings. The number of rotatable bonds is 5. The zero-order valence-electron chi connectivity index (χ0n) is 11.7. The Morgan fingerprint density at radius 2 is 1.95 bits per heavy atom. The number of aliphatic hydroxyl groups excluding tert-OH is 1. The Balaban J connectivity index is 1.74. The average molecular weight is 297 g/mol. The number of hydrogen-bond donors (Lipinski definition) is 3. The van der Waals surface area contributed by atoms with E-state index in [1.54, 1.807) is 24.3 Å². The van der Waals surface area contributed by atoms with Crippen LogP contribution >= 0.6 is 0 Å². The molecule has 1 amide bonds. The largest absolute Gasteiger partial charge is 0.491 e. The Labute approximate surface area is 126 Å². The number of nitrogens with zero attached hydrogens (tertiary/aromatic N) is 1. The molecule has 6 heteroatoms. The number of hydrogen-bond acceptors (Lipinski definition) is 4. The van der Waals surface area contributed by atoms with Gasteiger partial charge in [-0.25, -0.2) is 0 Å². The first kappa shape index (κ1) is 14.1. The van der Waals surface area contributed by atoms with E-state index in [-0.39, 0.29) is 19.1 Å². The van der Waals surface area contributed by atoms with E-state index in [9.17, 15) is 4.79 Å². The molecule has 6 nitrogen and oxygen atoms in total. The second-order valence-electron chi connectivity index (χ2n) is 4.67. The van der Waals surface area contributed by atoms with Crippen LogP contribution in [0, 0.1) is 0 Å². The molecule has 3 N–H and O–H groups in total. The van der Waals surface area contributed by atoms with Crippen molar-refractivity contribution in [1.29, 1.82) is 0 Å². The first-order chi connectivity index (χ1) is 10.8. The second kappa shape index (κ2) is 6.28. The van der Waals surface area contributed by atoms with Crippen LogP contribution in [0.25, 0.3) is 10.9 Å². The van der Waals surface area contributed by atoms with E-state index in [1.807, 2.05) is 24.3 Å². The lowest BCUT2D eigenvalue weighted by Gasteiger charge is -2.06. The number of benzene rings is 2. The second-order valence-corrected chi connectivity index (χ2v) is 4.67. The molecule has 3 aromatic rings. The lowest BCUT2D eigenvalue weighted by Crippen LogP contribution is -2.12. The summed E-state index contributed by atoms with van der Waals surface area (Å²) in [5.74, 6) is 0.360. The summed E-state index contributed by atoms with van der Waals surface area (Å²) in [6.45, 7) is 0.204. The van der Waals surface area contributed by atoms with Crippen molar-refractivity contribution in [2.75, 3.05) is 18.5 Å². The van der Waals surface area contributed by atoms with Gasteiger partial charge in [0.15, 0.2) is 5.69 Å². The van der Waals surface area contributed by atoms with E-state index >= 15 is 0 Å². The Bertz CT molecular complexity index is 781. The Morgan fingerprint density at radius 3 is 2.73 bits per heavy atom. The minimum absolute atomic E-state index is 0.0370. The minimum atomic E-state index is -0.276. The summed E-state index contributed by atoms with van der Waals surface area (Å²) in [5, 5.41) is 19.2. The van der Waals surface area contributed by atoms with Crippen LogP contribution in [0.1, 0.15) is 10.5 Å². The number of amides is 1. The standard InChI is InChI=1S/C16H15N3O3/c20-9-10-22-12-7-5-11(6-8-12)17-16(21)15-13-3-1-2-4-14(13)18-19-15/h1-8,20H,9-10H2,(H,17,21)(H,18,19). The van der Waals surface area contributed by atoms with Crippen LogP contribution in [0.5, 0.6) is 5.75 Å². The van der Waals surface area contributed by atoms with Gasteiger partial charge in [0.25, 0.3) is 5.91 Å². The third-order valence-corrected chi connectivity index (χ3v) is 3.16. The summed E-state index contributed by atoms with van der Waals surface area (Å²) in [7, 11) is 0. The fraction of sp³-hybridized carbons (Fsp3) is 0.125. The van der Waals surface area contributed by atoms with Crippen molar-refractivity contribution < 1.29 is 14.6 Å². The summed E-state index contributed by atoms with van der Waals surface area (Å²) in [6.07, 6.45) is 0. The molecule has 0 spiro atoms. The number of aliphatic hydroxyl groups is 1. The molecule has 0 aliphatic carbocycles. The van der Waals surface area contributed by atoms with Gasteiger partial charge in [-0.05, 0) is 30.3 Å². The van der Waals surface area contributed by atoms with Gasteiger partial charge in [0, 0.05) is 11.1 Å². The Hall–Kier alpha value is -2.86. The smallest absolute Gasteiger partial charge is 0.276 e. The Morgan fingerprint density at radius 1 is 1.18 bits per heavy atom. The zero-order chi connectivity index (χ0) is 15.4. The summed E-state index contributed by atoms with van der Waals surface area (Å²) in [5.41, 5.74) is 1.82. The van der Waals surface area contributed by atoms with Crippen molar-refractivity contribution >= 4 is 22.5 Å². The number of H-pyrrole nitrogens is 1. The van der Waals surface area contributed by atoms with Gasteiger partial charge >= 0.3 is 0 Å². The minimum Gasteiger partial charge on any atom is -0.491 e. The molecule has 0 atom stereocenters. The molecule has 0 bridgehead atoms. The molecule has 2 aromatic carbocycles. The van der Waals surface area contributed by atoms with Crippen LogP contribution in [0.2, 0.25) is 0 Å². The van der Waals surface area contributed by atoms with Gasteiger partial charge < -0.3 is 15.2 Å². The topological polar surface area (TPSA) is 87.2 Å². The number of aromatic amines is 1. The molecule has 1 aromatic heterocycles. The molecule has 3 rings (SSSR count). The number of carbonyl (C=O) groups excluding carboxylic acids is 1. The van der Waals surface area contributed by atoms with Crippen LogP contribution in [0.15, 0.2) is 48.5 Å². The molecule has 0 radical (unpaired) electrons. The van der Waals surface area contributed by atoms with Crippen LogP contribution in [-0.4, -0.2) is 34.4 Å². The number of fused-ring (bicyclic) bond motifs is 1. The summed E-state index contributed by atoms with van der Waals surface area (Å²) >= 11 is 0. The maximum atomic E-state index is 12.3. The monoisotopic (exact) mass is 297 g/mol. The molecule has 22 heavy (non-hydrogen) atoms. The first-order valence-electron chi connectivity index (χ1n) is 6.86. The molecule has 112 valence electrons. The Kier molecular flexibility index (Phi) is 4.02. The fourth-order valence-corrected chi connectivity index (χ4v) is 2.12. The van der Waals surface area contributed by atoms with Crippen LogP contribution < -0.4 is 10.1 Å². The van der Waals surface area contributed by atoms with Gasteiger partial charge in [-0.15, -0.1) is 0 Å². The summed E-state index contributed by atoms with van der Waals surface area (Å²) < 4.78 is 5.26. The van der Waals surface area contributed by atoms with E-state index in [0.717, 1.165) is 10.9 Å². The van der Waals surface area contributed by atoms with Crippen LogP contribution in [0.4, 0.5) is 5.69 Å². The van der Waals surface area contributed by atoms with E-state index in [4.69, 9.17) is 9.84 Å². The molecular formula is C16H15N3O3. The molecule has 0 saturated heterocycles. The molecule has 0 aliphatic heterocycles. The van der Waals surface area contributed by atoms with Crippen LogP contribution in [0.3, 0.4) is 0 Å². The van der Waals surface area contributed by atoms with Gasteiger partial charge in [0.1, 0.15) is 12.4 Å². The number of carbonyl (C=O) groups is 1. The number of para-hydroxylation sites is 1. The van der Waals surface area contributed by atoms with Gasteiger partial charge in [-0.3, -0.25) is 9.89 Å². The number of ether oxygens (including phenoxy) is 1. The lowest BCUT2D eigenvalue weighted by molar-refractivity contribution is 0.102. The van der Waals surface area contributed by atoms with Crippen molar-refractivity contribution in [3.8, 4) is 5.75 Å². The SMILES string of the molecule is O=C(Nc1ccc(OCCO)cc1)c1n[nH]c2ccccc12. The molecule has 1 heterocycles. The van der Waals surface area contributed by atoms with Gasteiger partial charge in [0.2, 0.25) is 0 Å². The van der Waals surface area contributed by atoms with E-state index in [2.05, 4.69) is 15.5 Å². The van der Waals surface area contributed by atoms with E-state index in [1.165, 1.54) is 0 Å². The molecule has 0 unspecified atom stereocenters. The predicted octanol–water partition coefficient (Wildman–Crippen LogP) is 2.19. The van der Waals surface area contributed by atoms with Crippen molar-refractivity contribution in [2.45, 2.75) is 0 Å². The highest BCUT2D eigenvalue weighted by atomic mass is 16.5. The normalized spacial score (nSPS) is 10.6. The maximum Gasteiger partial charge on any atom is 0.276 e. The van der Waals surface area contributed by atoms with Crippen LogP contribution in [-0.2, 0) is 0 Å². The molecule has 0 saturated carbocycles. The predicted molar refractivity (Wildman–Crippen MR) is 83.1 cm³/mol. The van der Waals surface area contributed by atoms with Crippen molar-refractivity contribution in [3.63, 3.8) is 0 Å². The lowest BCUT2D eigenvalue weighted by atomic mass is 10.2. The fourth-order valence-electron chi connectivity index (χ4n) is 2.12.